The van der Waals surface area contributed by atoms with Gasteiger partial charge in [0.25, 0.3) is 0 Å². The summed E-state index contributed by atoms with van der Waals surface area (Å²) in [6.45, 7) is 12.6. The molecule has 0 fully saturated rings. The van der Waals surface area contributed by atoms with Crippen LogP contribution < -0.4 is 0 Å². The minimum absolute atomic E-state index is 0.675. The van der Waals surface area contributed by atoms with Crippen molar-refractivity contribution < 1.29 is 0 Å². The van der Waals surface area contributed by atoms with E-state index in [0.29, 0.717) is 5.92 Å². The van der Waals surface area contributed by atoms with Crippen LogP contribution in [0.25, 0.3) is 5.57 Å². The number of aryl methyl sites for hydroxylation is 1. The molecule has 1 aliphatic carbocycles. The zero-order valence-electron chi connectivity index (χ0n) is 18.8. The molecule has 1 aliphatic heterocycles. The van der Waals surface area contributed by atoms with Gasteiger partial charge in [-0.2, -0.15) is 0 Å². The molecule has 0 aromatic heterocycles. The maximum atomic E-state index is 4.47. The Morgan fingerprint density at radius 1 is 1.10 bits per heavy atom. The van der Waals surface area contributed by atoms with E-state index in [4.69, 9.17) is 0 Å². The second-order valence-corrected chi connectivity index (χ2v) is 9.22. The molecule has 3 rings (SSSR count). The molecular weight excluding hydrogens is 350 g/mol. The Bertz CT molecular complexity index is 705. The first-order valence-corrected chi connectivity index (χ1v) is 12.0. The van der Waals surface area contributed by atoms with E-state index in [1.165, 1.54) is 81.2 Å². The Morgan fingerprint density at radius 3 is 2.66 bits per heavy atom. The maximum absolute atomic E-state index is 4.47. The van der Waals surface area contributed by atoms with Crippen LogP contribution >= 0.6 is 0 Å². The van der Waals surface area contributed by atoms with E-state index in [1.54, 1.807) is 5.56 Å². The molecule has 1 aromatic rings. The summed E-state index contributed by atoms with van der Waals surface area (Å²) in [6.07, 6.45) is 20.5. The number of nitrogens with zero attached hydrogens (tertiary/aromatic N) is 1. The molecule has 0 spiro atoms. The predicted molar refractivity (Wildman–Crippen MR) is 128 cm³/mol. The average molecular weight is 392 g/mol. The summed E-state index contributed by atoms with van der Waals surface area (Å²) in [7, 11) is 0. The number of hydrogen-bond donors (Lipinski definition) is 0. The fraction of sp³-hybridized carbons (Fsp3) is 0.571. The first-order valence-electron chi connectivity index (χ1n) is 12.0. The van der Waals surface area contributed by atoms with Gasteiger partial charge in [-0.25, -0.2) is 0 Å². The summed E-state index contributed by atoms with van der Waals surface area (Å²) >= 11 is 0. The van der Waals surface area contributed by atoms with Gasteiger partial charge in [0.1, 0.15) is 0 Å². The molecule has 2 aliphatic rings. The van der Waals surface area contributed by atoms with Crippen LogP contribution in [-0.2, 0) is 13.0 Å². The minimum Gasteiger partial charge on any atom is -0.298 e. The standard InChI is InChI=1S/C28H41N/c1-4-10-24(11-5-2)16-15-23(3)27-18-17-26-14-9-19-29(22-28(26)20-27)21-25-12-7-6-8-13-25/h6-8,12,17-18,20,24-25H,3-5,9-11,13-16,19,21-22H2,1-2H3. The monoisotopic (exact) mass is 391 g/mol. The number of benzene rings is 1. The van der Waals surface area contributed by atoms with Crippen LogP contribution in [0.1, 0.15) is 81.9 Å². The zero-order chi connectivity index (χ0) is 20.5. The molecule has 0 bridgehead atoms. The van der Waals surface area contributed by atoms with Gasteiger partial charge in [-0.15, -0.1) is 0 Å². The van der Waals surface area contributed by atoms with Gasteiger partial charge < -0.3 is 0 Å². The highest BCUT2D eigenvalue weighted by molar-refractivity contribution is 5.64. The molecular formula is C28H41N. The number of allylic oxidation sites excluding steroid dienone is 4. The second-order valence-electron chi connectivity index (χ2n) is 9.22. The molecule has 1 heteroatoms. The van der Waals surface area contributed by atoms with Crippen LogP contribution in [-0.4, -0.2) is 18.0 Å². The summed E-state index contributed by atoms with van der Waals surface area (Å²) in [6, 6.07) is 7.18. The van der Waals surface area contributed by atoms with E-state index in [1.807, 2.05) is 0 Å². The van der Waals surface area contributed by atoms with Crippen LogP contribution in [0.2, 0.25) is 0 Å². The molecule has 29 heavy (non-hydrogen) atoms. The van der Waals surface area contributed by atoms with Crippen molar-refractivity contribution >= 4 is 5.57 Å². The van der Waals surface area contributed by atoms with Crippen LogP contribution in [0.15, 0.2) is 49.1 Å². The Balaban J connectivity index is 1.62. The normalized spacial score (nSPS) is 19.3. The Kier molecular flexibility index (Phi) is 8.80. The largest absolute Gasteiger partial charge is 0.298 e. The molecule has 1 heterocycles. The summed E-state index contributed by atoms with van der Waals surface area (Å²) in [5.41, 5.74) is 5.80. The van der Waals surface area contributed by atoms with Crippen LogP contribution in [0.3, 0.4) is 0 Å². The van der Waals surface area contributed by atoms with Crippen LogP contribution in [0.5, 0.6) is 0 Å². The maximum Gasteiger partial charge on any atom is 0.0236 e. The third-order valence-electron chi connectivity index (χ3n) is 6.74. The number of hydrogen-bond acceptors (Lipinski definition) is 1. The SMILES string of the molecule is C=C(CCC(CCC)CCC)c1ccc2c(c1)CN(CC1C=CC=CC1)CCC2. The lowest BCUT2D eigenvalue weighted by molar-refractivity contribution is 0.243. The average Bonchev–Trinajstić information content (AvgIpc) is 2.94. The highest BCUT2D eigenvalue weighted by Crippen LogP contribution is 2.29. The van der Waals surface area contributed by atoms with Crippen molar-refractivity contribution in [1.29, 1.82) is 0 Å². The molecule has 0 saturated heterocycles. The fourth-order valence-electron chi connectivity index (χ4n) is 5.08. The van der Waals surface area contributed by atoms with E-state index in [-0.39, 0.29) is 0 Å². The minimum atomic E-state index is 0.675. The molecule has 1 atom stereocenters. The van der Waals surface area contributed by atoms with Gasteiger partial charge >= 0.3 is 0 Å². The first kappa shape index (κ1) is 22.1. The third-order valence-corrected chi connectivity index (χ3v) is 6.74. The Hall–Kier alpha value is -1.60. The van der Waals surface area contributed by atoms with Crippen molar-refractivity contribution in [3.8, 4) is 0 Å². The summed E-state index contributed by atoms with van der Waals surface area (Å²) in [4.78, 5) is 2.67. The van der Waals surface area contributed by atoms with Gasteiger partial charge in [0.15, 0.2) is 0 Å². The summed E-state index contributed by atoms with van der Waals surface area (Å²) in [5, 5.41) is 0. The molecule has 0 N–H and O–H groups in total. The van der Waals surface area contributed by atoms with Crippen molar-refractivity contribution in [2.75, 3.05) is 13.1 Å². The third kappa shape index (κ3) is 6.71. The van der Waals surface area contributed by atoms with E-state index in [0.717, 1.165) is 18.9 Å². The summed E-state index contributed by atoms with van der Waals surface area (Å²) < 4.78 is 0. The molecule has 0 saturated carbocycles. The quantitative estimate of drug-likeness (QED) is 0.397. The van der Waals surface area contributed by atoms with Crippen molar-refractivity contribution in [3.05, 3.63) is 65.8 Å². The Labute approximate surface area is 179 Å². The fourth-order valence-corrected chi connectivity index (χ4v) is 5.08. The smallest absolute Gasteiger partial charge is 0.0236 e. The highest BCUT2D eigenvalue weighted by atomic mass is 15.1. The number of fused-ring (bicyclic) bond motifs is 1. The first-order chi connectivity index (χ1) is 14.2. The number of rotatable bonds is 10. The van der Waals surface area contributed by atoms with Crippen molar-refractivity contribution in [3.63, 3.8) is 0 Å². The van der Waals surface area contributed by atoms with Gasteiger partial charge in [-0.3, -0.25) is 4.90 Å². The predicted octanol–water partition coefficient (Wildman–Crippen LogP) is 7.58. The van der Waals surface area contributed by atoms with E-state index in [2.05, 4.69) is 67.8 Å². The highest BCUT2D eigenvalue weighted by Gasteiger charge is 2.18. The summed E-state index contributed by atoms with van der Waals surface area (Å²) in [5.74, 6) is 1.55. The zero-order valence-corrected chi connectivity index (χ0v) is 18.8. The van der Waals surface area contributed by atoms with Crippen LogP contribution in [0, 0.1) is 11.8 Å². The van der Waals surface area contributed by atoms with E-state index < -0.39 is 0 Å². The lowest BCUT2D eigenvalue weighted by Crippen LogP contribution is -2.29. The molecule has 1 nitrogen and oxygen atoms in total. The lowest BCUT2D eigenvalue weighted by Gasteiger charge is -2.25. The van der Waals surface area contributed by atoms with Crippen molar-refractivity contribution in [2.24, 2.45) is 11.8 Å². The van der Waals surface area contributed by atoms with Gasteiger partial charge in [0.2, 0.25) is 0 Å². The van der Waals surface area contributed by atoms with Crippen molar-refractivity contribution in [1.82, 2.24) is 4.90 Å². The van der Waals surface area contributed by atoms with Crippen LogP contribution in [0.4, 0.5) is 0 Å². The molecule has 0 amide bonds. The molecule has 158 valence electrons. The van der Waals surface area contributed by atoms with Gasteiger partial charge in [-0.1, -0.05) is 82.5 Å². The van der Waals surface area contributed by atoms with Gasteiger partial charge in [-0.05, 0) is 78.8 Å². The van der Waals surface area contributed by atoms with Gasteiger partial charge in [0.05, 0.1) is 0 Å². The Morgan fingerprint density at radius 2 is 1.93 bits per heavy atom. The van der Waals surface area contributed by atoms with E-state index in [9.17, 15) is 0 Å². The molecule has 1 aromatic carbocycles. The molecule has 1 unspecified atom stereocenters. The van der Waals surface area contributed by atoms with Crippen molar-refractivity contribution in [2.45, 2.75) is 78.2 Å². The molecule has 0 radical (unpaired) electrons. The lowest BCUT2D eigenvalue weighted by atomic mass is 9.89. The second kappa shape index (κ2) is 11.6. The van der Waals surface area contributed by atoms with Gasteiger partial charge in [0, 0.05) is 13.1 Å². The topological polar surface area (TPSA) is 3.24 Å². The van der Waals surface area contributed by atoms with E-state index >= 15 is 0 Å².